The molecule has 0 aromatic heterocycles. The van der Waals surface area contributed by atoms with E-state index in [2.05, 4.69) is 20.9 Å². The normalized spacial score (nSPS) is 17.0. The molecule has 0 saturated carbocycles. The monoisotopic (exact) mass is 521 g/mol. The number of hydrogen-bond donors (Lipinski definition) is 3. The smallest absolute Gasteiger partial charge is 0.357 e. The number of halogens is 4. The number of alkyl halides is 3. The first kappa shape index (κ1) is 27.2. The van der Waals surface area contributed by atoms with E-state index in [1.54, 1.807) is 0 Å². The third kappa shape index (κ3) is 13.4. The molecule has 3 N–H and O–H groups in total. The van der Waals surface area contributed by atoms with Gasteiger partial charge in [-0.15, -0.1) is 24.0 Å². The molecule has 0 aromatic rings. The highest BCUT2D eigenvalue weighted by Gasteiger charge is 2.32. The molecule has 1 rings (SSSR count). The Hall–Kier alpha value is -0.780. The van der Waals surface area contributed by atoms with E-state index in [1.165, 1.54) is 4.90 Å². The molecule has 1 aliphatic rings. The van der Waals surface area contributed by atoms with Crippen LogP contribution < -0.4 is 16.0 Å². The van der Waals surface area contributed by atoms with Crippen molar-refractivity contribution < 1.29 is 18.0 Å². The van der Waals surface area contributed by atoms with Gasteiger partial charge in [-0.2, -0.15) is 13.2 Å². The second-order valence-electron chi connectivity index (χ2n) is 8.04. The van der Waals surface area contributed by atoms with Crippen LogP contribution in [0.25, 0.3) is 0 Å². The fourth-order valence-electron chi connectivity index (χ4n) is 3.03. The van der Waals surface area contributed by atoms with Gasteiger partial charge in [-0.1, -0.05) is 0 Å². The summed E-state index contributed by atoms with van der Waals surface area (Å²) >= 11 is 0. The highest BCUT2D eigenvalue weighted by Crippen LogP contribution is 2.23. The molecule has 166 valence electrons. The van der Waals surface area contributed by atoms with Gasteiger partial charge < -0.3 is 16.0 Å². The van der Waals surface area contributed by atoms with E-state index < -0.39 is 12.7 Å². The Morgan fingerprint density at radius 1 is 1.14 bits per heavy atom. The van der Waals surface area contributed by atoms with Crippen LogP contribution in [0.3, 0.4) is 0 Å². The maximum absolute atomic E-state index is 12.4. The van der Waals surface area contributed by atoms with Crippen molar-refractivity contribution in [1.29, 1.82) is 0 Å². The maximum atomic E-state index is 12.4. The molecule has 0 atom stereocenters. The molecule has 1 fully saturated rings. The zero-order chi connectivity index (χ0) is 20.5. The van der Waals surface area contributed by atoms with Crippen LogP contribution in [0.4, 0.5) is 13.2 Å². The average molecular weight is 521 g/mol. The molecule has 0 radical (unpaired) electrons. The molecule has 6 nitrogen and oxygen atoms in total. The van der Waals surface area contributed by atoms with Gasteiger partial charge in [-0.25, -0.2) is 4.99 Å². The van der Waals surface area contributed by atoms with Crippen LogP contribution in [-0.2, 0) is 4.79 Å². The van der Waals surface area contributed by atoms with Crippen LogP contribution in [0.5, 0.6) is 0 Å². The van der Waals surface area contributed by atoms with Crippen LogP contribution >= 0.6 is 24.0 Å². The van der Waals surface area contributed by atoms with Crippen molar-refractivity contribution in [2.24, 2.45) is 10.9 Å². The number of rotatable bonds is 7. The van der Waals surface area contributed by atoms with E-state index in [4.69, 9.17) is 0 Å². The molecule has 1 amide bonds. The number of carbonyl (C=O) groups excluding carboxylic acids is 1. The molecule has 1 heterocycles. The minimum Gasteiger partial charge on any atom is -0.357 e. The number of piperidine rings is 1. The van der Waals surface area contributed by atoms with Crippen LogP contribution in [0.1, 0.15) is 47.0 Å². The number of likely N-dealkylation sites (tertiary alicyclic amines) is 1. The summed E-state index contributed by atoms with van der Waals surface area (Å²) in [5.41, 5.74) is -0.292. The summed E-state index contributed by atoms with van der Waals surface area (Å²) in [5.74, 6) is 0.849. The first-order valence-electron chi connectivity index (χ1n) is 9.61. The Bertz CT molecular complexity index is 487. The highest BCUT2D eigenvalue weighted by atomic mass is 127. The summed E-state index contributed by atoms with van der Waals surface area (Å²) in [7, 11) is 0. The number of nitrogens with one attached hydrogen (secondary N) is 3. The van der Waals surface area contributed by atoms with Crippen LogP contribution in [0, 0.1) is 5.92 Å². The van der Waals surface area contributed by atoms with Gasteiger partial charge in [-0.3, -0.25) is 9.69 Å². The second kappa shape index (κ2) is 12.7. The van der Waals surface area contributed by atoms with Crippen molar-refractivity contribution >= 4 is 35.8 Å². The van der Waals surface area contributed by atoms with Crippen molar-refractivity contribution in [1.82, 2.24) is 20.9 Å². The van der Waals surface area contributed by atoms with Crippen LogP contribution in [0.15, 0.2) is 4.99 Å². The molecular weight excluding hydrogens is 486 g/mol. The van der Waals surface area contributed by atoms with Crippen LogP contribution in [-0.4, -0.2) is 67.8 Å². The Balaban J connectivity index is 0.00000729. The Labute approximate surface area is 183 Å². The third-order valence-corrected chi connectivity index (χ3v) is 4.19. The van der Waals surface area contributed by atoms with Crippen molar-refractivity contribution in [2.45, 2.75) is 58.7 Å². The standard InChI is InChI=1S/C18H34F3N5O.HI/c1-5-22-16(24-12-15(27)25-17(2,3)4)23-9-6-14-7-10-26(11-8-14)13-18(19,20)21;/h14H,5-13H2,1-4H3,(H,25,27)(H2,22,23,24);1H. The lowest BCUT2D eigenvalue weighted by Gasteiger charge is -2.32. The maximum Gasteiger partial charge on any atom is 0.401 e. The fourth-order valence-corrected chi connectivity index (χ4v) is 3.03. The SMILES string of the molecule is CCNC(=NCC(=O)NC(C)(C)C)NCCC1CCN(CC(F)(F)F)CC1.I. The first-order valence-corrected chi connectivity index (χ1v) is 9.61. The average Bonchev–Trinajstić information content (AvgIpc) is 2.51. The molecular formula is C18H35F3IN5O. The zero-order valence-electron chi connectivity index (χ0n) is 17.3. The van der Waals surface area contributed by atoms with Crippen molar-refractivity contribution in [2.75, 3.05) is 39.3 Å². The van der Waals surface area contributed by atoms with Crippen molar-refractivity contribution in [3.05, 3.63) is 0 Å². The number of hydrogen-bond acceptors (Lipinski definition) is 3. The molecule has 0 aliphatic carbocycles. The van der Waals surface area contributed by atoms with E-state index >= 15 is 0 Å². The summed E-state index contributed by atoms with van der Waals surface area (Å²) in [6.45, 7) is 9.27. The Morgan fingerprint density at radius 3 is 2.25 bits per heavy atom. The van der Waals surface area contributed by atoms with Gasteiger partial charge in [0.2, 0.25) is 5.91 Å². The number of carbonyl (C=O) groups is 1. The number of guanidine groups is 1. The lowest BCUT2D eigenvalue weighted by molar-refractivity contribution is -0.148. The molecule has 28 heavy (non-hydrogen) atoms. The van der Waals surface area contributed by atoms with Crippen molar-refractivity contribution in [3.63, 3.8) is 0 Å². The first-order chi connectivity index (χ1) is 12.5. The van der Waals surface area contributed by atoms with Crippen molar-refractivity contribution in [3.8, 4) is 0 Å². The lowest BCUT2D eigenvalue weighted by atomic mass is 9.93. The highest BCUT2D eigenvalue weighted by molar-refractivity contribution is 14.0. The van der Waals surface area contributed by atoms with E-state index in [0.717, 1.165) is 19.3 Å². The lowest BCUT2D eigenvalue weighted by Crippen LogP contribution is -2.43. The minimum atomic E-state index is -4.12. The number of aliphatic imine (C=N–C) groups is 1. The van der Waals surface area contributed by atoms with Gasteiger partial charge in [0.1, 0.15) is 6.54 Å². The van der Waals surface area contributed by atoms with E-state index in [1.807, 2.05) is 27.7 Å². The fraction of sp³-hybridized carbons (Fsp3) is 0.889. The molecule has 0 spiro atoms. The molecule has 0 aromatic carbocycles. The van der Waals surface area contributed by atoms with Gasteiger partial charge >= 0.3 is 6.18 Å². The summed E-state index contributed by atoms with van der Waals surface area (Å²) < 4.78 is 37.3. The summed E-state index contributed by atoms with van der Waals surface area (Å²) in [4.78, 5) is 17.6. The Kier molecular flexibility index (Phi) is 12.4. The summed E-state index contributed by atoms with van der Waals surface area (Å²) in [6.07, 6.45) is -1.69. The minimum absolute atomic E-state index is 0. The predicted molar refractivity (Wildman–Crippen MR) is 117 cm³/mol. The molecule has 1 aliphatic heterocycles. The van der Waals surface area contributed by atoms with Gasteiger partial charge in [0, 0.05) is 18.6 Å². The molecule has 0 unspecified atom stereocenters. The molecule has 1 saturated heterocycles. The number of amides is 1. The van der Waals surface area contributed by atoms with Gasteiger partial charge in [-0.05, 0) is 66.0 Å². The summed E-state index contributed by atoms with van der Waals surface area (Å²) in [5, 5.41) is 9.16. The van der Waals surface area contributed by atoms with Crippen LogP contribution in [0.2, 0.25) is 0 Å². The van der Waals surface area contributed by atoms with E-state index in [0.29, 0.717) is 38.1 Å². The topological polar surface area (TPSA) is 68.8 Å². The van der Waals surface area contributed by atoms with E-state index in [9.17, 15) is 18.0 Å². The van der Waals surface area contributed by atoms with Gasteiger partial charge in [0.05, 0.1) is 6.54 Å². The number of nitrogens with zero attached hydrogens (tertiary/aromatic N) is 2. The van der Waals surface area contributed by atoms with Gasteiger partial charge in [0.25, 0.3) is 0 Å². The zero-order valence-corrected chi connectivity index (χ0v) is 19.6. The second-order valence-corrected chi connectivity index (χ2v) is 8.04. The summed E-state index contributed by atoms with van der Waals surface area (Å²) in [6, 6.07) is 0. The molecule has 10 heteroatoms. The Morgan fingerprint density at radius 2 is 1.75 bits per heavy atom. The quantitative estimate of drug-likeness (QED) is 0.274. The van der Waals surface area contributed by atoms with E-state index in [-0.39, 0.29) is 42.0 Å². The largest absolute Gasteiger partial charge is 0.401 e. The van der Waals surface area contributed by atoms with Gasteiger partial charge in [0.15, 0.2) is 5.96 Å². The molecule has 0 bridgehead atoms. The predicted octanol–water partition coefficient (Wildman–Crippen LogP) is 2.74. The third-order valence-electron chi connectivity index (χ3n) is 4.19.